The lowest BCUT2D eigenvalue weighted by Crippen LogP contribution is -1.89. The monoisotopic (exact) mass is 248 g/mol. The van der Waals surface area contributed by atoms with E-state index in [0.29, 0.717) is 0 Å². The molecule has 0 saturated heterocycles. The van der Waals surface area contributed by atoms with E-state index in [1.165, 1.54) is 22.2 Å². The van der Waals surface area contributed by atoms with Gasteiger partial charge in [-0.15, -0.1) is 6.58 Å². The third kappa shape index (κ3) is 2.43. The van der Waals surface area contributed by atoms with Crippen molar-refractivity contribution >= 4 is 10.9 Å². The molecule has 2 heteroatoms. The van der Waals surface area contributed by atoms with Gasteiger partial charge in [0.25, 0.3) is 0 Å². The highest BCUT2D eigenvalue weighted by Crippen LogP contribution is 2.20. The molecule has 0 atom stereocenters. The fourth-order valence-corrected chi connectivity index (χ4v) is 2.34. The van der Waals surface area contributed by atoms with Gasteiger partial charge in [0.15, 0.2) is 0 Å². The molecule has 0 bridgehead atoms. The minimum atomic E-state index is 0.884. The van der Waals surface area contributed by atoms with Crippen molar-refractivity contribution in [3.63, 3.8) is 0 Å². The second-order valence-corrected chi connectivity index (χ2v) is 4.71. The maximum absolute atomic E-state index is 4.37. The summed E-state index contributed by atoms with van der Waals surface area (Å²) in [5.74, 6) is 0. The molecular formula is C17H16N2. The molecule has 1 aromatic heterocycles. The molecule has 3 aromatic rings. The van der Waals surface area contributed by atoms with E-state index >= 15 is 0 Å². The molecule has 19 heavy (non-hydrogen) atoms. The Labute approximate surface area is 112 Å². The van der Waals surface area contributed by atoms with E-state index in [1.54, 1.807) is 0 Å². The standard InChI is InChI=1S/C17H16N2/c1-2-6-13-9-10-16-15(11-13)17(19-18-16)12-14-7-4-3-5-8-14/h2-5,7-11H,1,6,12H2,(H,18,19). The Morgan fingerprint density at radius 2 is 1.89 bits per heavy atom. The Morgan fingerprint density at radius 3 is 2.68 bits per heavy atom. The molecular weight excluding hydrogens is 232 g/mol. The summed E-state index contributed by atoms with van der Waals surface area (Å²) in [6.45, 7) is 3.79. The minimum Gasteiger partial charge on any atom is -0.281 e. The average Bonchev–Trinajstić information content (AvgIpc) is 2.83. The highest BCUT2D eigenvalue weighted by Gasteiger charge is 2.06. The average molecular weight is 248 g/mol. The van der Waals surface area contributed by atoms with Crippen molar-refractivity contribution in [1.29, 1.82) is 0 Å². The number of allylic oxidation sites excluding steroid dienone is 1. The molecule has 0 unspecified atom stereocenters. The van der Waals surface area contributed by atoms with Crippen LogP contribution in [0.1, 0.15) is 16.8 Å². The third-order valence-corrected chi connectivity index (χ3v) is 3.30. The van der Waals surface area contributed by atoms with E-state index in [9.17, 15) is 0 Å². The van der Waals surface area contributed by atoms with Crippen molar-refractivity contribution in [2.45, 2.75) is 12.8 Å². The molecule has 0 saturated carbocycles. The summed E-state index contributed by atoms with van der Waals surface area (Å²) >= 11 is 0. The van der Waals surface area contributed by atoms with E-state index in [2.05, 4.69) is 59.2 Å². The molecule has 3 rings (SSSR count). The van der Waals surface area contributed by atoms with Gasteiger partial charge in [-0.05, 0) is 29.7 Å². The van der Waals surface area contributed by atoms with Crippen LogP contribution in [0.3, 0.4) is 0 Å². The van der Waals surface area contributed by atoms with Crippen LogP contribution in [0, 0.1) is 0 Å². The second-order valence-electron chi connectivity index (χ2n) is 4.71. The first-order chi connectivity index (χ1) is 9.36. The van der Waals surface area contributed by atoms with Crippen LogP contribution in [-0.4, -0.2) is 10.2 Å². The molecule has 0 spiro atoms. The van der Waals surface area contributed by atoms with E-state index < -0.39 is 0 Å². The Kier molecular flexibility index (Phi) is 3.15. The summed E-state index contributed by atoms with van der Waals surface area (Å²) in [4.78, 5) is 0. The maximum Gasteiger partial charge on any atom is 0.0924 e. The van der Waals surface area contributed by atoms with Gasteiger partial charge in [0.2, 0.25) is 0 Å². The molecule has 0 aliphatic heterocycles. The van der Waals surface area contributed by atoms with Crippen molar-refractivity contribution in [3.8, 4) is 0 Å². The number of nitrogens with one attached hydrogen (secondary N) is 1. The summed E-state index contributed by atoms with van der Waals surface area (Å²) in [7, 11) is 0. The molecule has 0 aliphatic carbocycles. The summed E-state index contributed by atoms with van der Waals surface area (Å²) in [5.41, 5.74) is 4.77. The summed E-state index contributed by atoms with van der Waals surface area (Å²) < 4.78 is 0. The molecule has 0 radical (unpaired) electrons. The largest absolute Gasteiger partial charge is 0.281 e. The van der Waals surface area contributed by atoms with Gasteiger partial charge in [0.1, 0.15) is 0 Å². The summed E-state index contributed by atoms with van der Waals surface area (Å²) in [6, 6.07) is 16.8. The normalized spacial score (nSPS) is 10.7. The number of rotatable bonds is 4. The molecule has 2 aromatic carbocycles. The first-order valence-electron chi connectivity index (χ1n) is 6.47. The van der Waals surface area contributed by atoms with Crippen LogP contribution in [0.2, 0.25) is 0 Å². The molecule has 0 fully saturated rings. The van der Waals surface area contributed by atoms with Crippen LogP contribution in [0.15, 0.2) is 61.2 Å². The van der Waals surface area contributed by atoms with Gasteiger partial charge >= 0.3 is 0 Å². The summed E-state index contributed by atoms with van der Waals surface area (Å²) in [5, 5.41) is 8.73. The summed E-state index contributed by atoms with van der Waals surface area (Å²) in [6.07, 6.45) is 3.71. The fraction of sp³-hybridized carbons (Fsp3) is 0.118. The van der Waals surface area contributed by atoms with Crippen molar-refractivity contribution in [3.05, 3.63) is 78.0 Å². The van der Waals surface area contributed by atoms with Crippen LogP contribution >= 0.6 is 0 Å². The second kappa shape index (κ2) is 5.11. The SMILES string of the molecule is C=CCc1ccc2n[nH]c(Cc3ccccc3)c2c1. The van der Waals surface area contributed by atoms with Crippen molar-refractivity contribution in [1.82, 2.24) is 10.2 Å². The molecule has 94 valence electrons. The number of H-pyrrole nitrogens is 1. The van der Waals surface area contributed by atoms with E-state index in [4.69, 9.17) is 0 Å². The van der Waals surface area contributed by atoms with E-state index in [-0.39, 0.29) is 0 Å². The number of aromatic nitrogens is 2. The van der Waals surface area contributed by atoms with Crippen LogP contribution in [0.25, 0.3) is 10.9 Å². The number of benzene rings is 2. The predicted molar refractivity (Wildman–Crippen MR) is 79.2 cm³/mol. The van der Waals surface area contributed by atoms with Crippen molar-refractivity contribution < 1.29 is 0 Å². The van der Waals surface area contributed by atoms with Gasteiger partial charge in [-0.3, -0.25) is 5.10 Å². The zero-order valence-electron chi connectivity index (χ0n) is 10.8. The highest BCUT2D eigenvalue weighted by atomic mass is 15.1. The van der Waals surface area contributed by atoms with Crippen LogP contribution in [0.5, 0.6) is 0 Å². The number of nitrogens with zero attached hydrogens (tertiary/aromatic N) is 1. The molecule has 0 amide bonds. The molecule has 1 N–H and O–H groups in total. The lowest BCUT2D eigenvalue weighted by Gasteiger charge is -2.01. The van der Waals surface area contributed by atoms with Gasteiger partial charge in [0, 0.05) is 17.5 Å². The highest BCUT2D eigenvalue weighted by molar-refractivity contribution is 5.82. The molecule has 0 aliphatic rings. The first-order valence-corrected chi connectivity index (χ1v) is 6.47. The smallest absolute Gasteiger partial charge is 0.0924 e. The minimum absolute atomic E-state index is 0.884. The number of hydrogen-bond acceptors (Lipinski definition) is 1. The van der Waals surface area contributed by atoms with Gasteiger partial charge in [-0.2, -0.15) is 5.10 Å². The number of aromatic amines is 1. The van der Waals surface area contributed by atoms with Crippen molar-refractivity contribution in [2.24, 2.45) is 0 Å². The van der Waals surface area contributed by atoms with E-state index in [1.807, 2.05) is 12.1 Å². The molecule has 1 heterocycles. The number of fused-ring (bicyclic) bond motifs is 1. The van der Waals surface area contributed by atoms with Crippen LogP contribution in [-0.2, 0) is 12.8 Å². The lowest BCUT2D eigenvalue weighted by molar-refractivity contribution is 1.01. The Morgan fingerprint density at radius 1 is 1.05 bits per heavy atom. The Bertz CT molecular complexity index is 696. The Hall–Kier alpha value is -2.35. The van der Waals surface area contributed by atoms with E-state index in [0.717, 1.165) is 18.4 Å². The quantitative estimate of drug-likeness (QED) is 0.697. The van der Waals surface area contributed by atoms with Gasteiger partial charge < -0.3 is 0 Å². The topological polar surface area (TPSA) is 28.7 Å². The van der Waals surface area contributed by atoms with Crippen LogP contribution < -0.4 is 0 Å². The van der Waals surface area contributed by atoms with Gasteiger partial charge in [-0.25, -0.2) is 0 Å². The van der Waals surface area contributed by atoms with Crippen molar-refractivity contribution in [2.75, 3.05) is 0 Å². The zero-order valence-corrected chi connectivity index (χ0v) is 10.8. The third-order valence-electron chi connectivity index (χ3n) is 3.30. The maximum atomic E-state index is 4.37. The predicted octanol–water partition coefficient (Wildman–Crippen LogP) is 3.88. The van der Waals surface area contributed by atoms with Crippen LogP contribution in [0.4, 0.5) is 0 Å². The van der Waals surface area contributed by atoms with Gasteiger partial charge in [0.05, 0.1) is 5.52 Å². The van der Waals surface area contributed by atoms with Gasteiger partial charge in [-0.1, -0.05) is 42.5 Å². The lowest BCUT2D eigenvalue weighted by atomic mass is 10.0. The molecule has 2 nitrogen and oxygen atoms in total. The fourth-order valence-electron chi connectivity index (χ4n) is 2.34. The first kappa shape index (κ1) is 11.7. The number of hydrogen-bond donors (Lipinski definition) is 1. The zero-order chi connectivity index (χ0) is 13.1. The Balaban J connectivity index is 1.99.